The van der Waals surface area contributed by atoms with Gasteiger partial charge < -0.3 is 15.0 Å². The first-order valence-corrected chi connectivity index (χ1v) is 15.0. The number of nitrogens with one attached hydrogen (secondary N) is 1. The normalized spacial score (nSPS) is 11.9. The van der Waals surface area contributed by atoms with Crippen molar-refractivity contribution in [3.05, 3.63) is 90.0 Å². The van der Waals surface area contributed by atoms with Crippen molar-refractivity contribution in [2.75, 3.05) is 24.5 Å². The van der Waals surface area contributed by atoms with Gasteiger partial charge in [0.15, 0.2) is 0 Å². The van der Waals surface area contributed by atoms with Crippen molar-refractivity contribution in [2.45, 2.75) is 57.5 Å². The smallest absolute Gasteiger partial charge is 0.264 e. The molecule has 0 unspecified atom stereocenters. The van der Waals surface area contributed by atoms with Gasteiger partial charge in [-0.25, -0.2) is 8.42 Å². The summed E-state index contributed by atoms with van der Waals surface area (Å²) in [5, 5.41) is 2.94. The largest absolute Gasteiger partial charge is 0.497 e. The van der Waals surface area contributed by atoms with E-state index in [1.807, 2.05) is 45.0 Å². The summed E-state index contributed by atoms with van der Waals surface area (Å²) in [6.07, 6.45) is 2.14. The summed E-state index contributed by atoms with van der Waals surface area (Å²) in [5.41, 5.74) is 2.23. The molecule has 214 valence electrons. The molecule has 3 aromatic carbocycles. The third kappa shape index (κ3) is 7.85. The molecule has 40 heavy (non-hydrogen) atoms. The number of rotatable bonds is 14. The van der Waals surface area contributed by atoms with Gasteiger partial charge in [0, 0.05) is 13.1 Å². The van der Waals surface area contributed by atoms with Gasteiger partial charge in [0.25, 0.3) is 10.0 Å². The van der Waals surface area contributed by atoms with E-state index in [1.54, 1.807) is 42.5 Å². The van der Waals surface area contributed by atoms with Crippen LogP contribution in [0.15, 0.2) is 83.8 Å². The van der Waals surface area contributed by atoms with Crippen LogP contribution in [-0.4, -0.2) is 51.4 Å². The van der Waals surface area contributed by atoms with Crippen molar-refractivity contribution in [3.8, 4) is 5.75 Å². The van der Waals surface area contributed by atoms with Crippen molar-refractivity contribution in [3.63, 3.8) is 0 Å². The zero-order chi connectivity index (χ0) is 29.1. The number of para-hydroxylation sites is 1. The van der Waals surface area contributed by atoms with Gasteiger partial charge in [0.2, 0.25) is 11.8 Å². The maximum Gasteiger partial charge on any atom is 0.264 e. The maximum absolute atomic E-state index is 14.0. The molecule has 8 nitrogen and oxygen atoms in total. The van der Waals surface area contributed by atoms with Gasteiger partial charge in [-0.2, -0.15) is 0 Å². The maximum atomic E-state index is 14.0. The molecule has 0 saturated heterocycles. The van der Waals surface area contributed by atoms with Crippen LogP contribution in [0.3, 0.4) is 0 Å². The first-order chi connectivity index (χ1) is 19.2. The summed E-state index contributed by atoms with van der Waals surface area (Å²) in [5.74, 6) is -0.202. The zero-order valence-electron chi connectivity index (χ0n) is 23.7. The molecule has 0 aliphatic carbocycles. The summed E-state index contributed by atoms with van der Waals surface area (Å²) in [6, 6.07) is 21.5. The van der Waals surface area contributed by atoms with Gasteiger partial charge in [-0.1, -0.05) is 68.3 Å². The summed E-state index contributed by atoms with van der Waals surface area (Å²) in [6.45, 7) is 6.07. The standard InChI is InChI=1S/C31H39N3O5S/c1-5-7-20-32-31(36)29(6-2)33(22-25-13-11-12-24(3)21-25)30(35)23-34(26-14-9-8-10-15-26)40(37,38)28-18-16-27(39-4)17-19-28/h8-19,21,29H,5-7,20,22-23H2,1-4H3,(H,32,36)/t29-/m1/s1. The average molecular weight is 566 g/mol. The van der Waals surface area contributed by atoms with E-state index in [4.69, 9.17) is 4.74 Å². The van der Waals surface area contributed by atoms with Crippen LogP contribution >= 0.6 is 0 Å². The Labute approximate surface area is 238 Å². The van der Waals surface area contributed by atoms with Gasteiger partial charge in [-0.3, -0.25) is 13.9 Å². The number of aryl methyl sites for hydroxylation is 1. The van der Waals surface area contributed by atoms with Crippen molar-refractivity contribution >= 4 is 27.5 Å². The molecule has 0 radical (unpaired) electrons. The van der Waals surface area contributed by atoms with Crippen molar-refractivity contribution < 1.29 is 22.7 Å². The molecule has 3 rings (SSSR count). The number of methoxy groups -OCH3 is 1. The molecule has 1 atom stereocenters. The zero-order valence-corrected chi connectivity index (χ0v) is 24.5. The van der Waals surface area contributed by atoms with E-state index in [2.05, 4.69) is 5.32 Å². The summed E-state index contributed by atoms with van der Waals surface area (Å²) < 4.78 is 34.0. The van der Waals surface area contributed by atoms with Gasteiger partial charge in [0.1, 0.15) is 18.3 Å². The van der Waals surface area contributed by atoms with Crippen molar-refractivity contribution in [1.82, 2.24) is 10.2 Å². The first kappa shape index (κ1) is 30.7. The fraction of sp³-hybridized carbons (Fsp3) is 0.355. The summed E-state index contributed by atoms with van der Waals surface area (Å²) >= 11 is 0. The lowest BCUT2D eigenvalue weighted by Crippen LogP contribution is -2.52. The minimum absolute atomic E-state index is 0.0273. The molecule has 1 N–H and O–H groups in total. The van der Waals surface area contributed by atoms with E-state index >= 15 is 0 Å². The highest BCUT2D eigenvalue weighted by Gasteiger charge is 2.33. The number of carbonyl (C=O) groups is 2. The quantitative estimate of drug-likeness (QED) is 0.280. The molecule has 0 spiro atoms. The number of amides is 2. The Kier molecular flexibility index (Phi) is 11.1. The van der Waals surface area contributed by atoms with Gasteiger partial charge in [0.05, 0.1) is 17.7 Å². The topological polar surface area (TPSA) is 96.0 Å². The van der Waals surface area contributed by atoms with Gasteiger partial charge in [-0.05, 0) is 61.7 Å². The highest BCUT2D eigenvalue weighted by Crippen LogP contribution is 2.26. The molecule has 0 heterocycles. The molecule has 0 bridgehead atoms. The minimum Gasteiger partial charge on any atom is -0.497 e. The SMILES string of the molecule is CCCCNC(=O)[C@@H](CC)N(Cc1cccc(C)c1)C(=O)CN(c1ccccc1)S(=O)(=O)c1ccc(OC)cc1. The fourth-order valence-corrected chi connectivity index (χ4v) is 5.84. The van der Waals surface area contributed by atoms with Crippen LogP contribution in [0.1, 0.15) is 44.2 Å². The second-order valence-electron chi connectivity index (χ2n) is 9.60. The van der Waals surface area contributed by atoms with Crippen LogP contribution in [0.2, 0.25) is 0 Å². The Balaban J connectivity index is 2.01. The number of carbonyl (C=O) groups excluding carboxylic acids is 2. The van der Waals surface area contributed by atoms with Crippen LogP contribution in [0, 0.1) is 6.92 Å². The van der Waals surface area contributed by atoms with Crippen LogP contribution in [0.4, 0.5) is 5.69 Å². The average Bonchev–Trinajstić information content (AvgIpc) is 2.96. The summed E-state index contributed by atoms with van der Waals surface area (Å²) in [4.78, 5) is 28.8. The van der Waals surface area contributed by atoms with Crippen molar-refractivity contribution in [1.29, 1.82) is 0 Å². The van der Waals surface area contributed by atoms with E-state index in [0.29, 0.717) is 24.4 Å². The van der Waals surface area contributed by atoms with Crippen LogP contribution < -0.4 is 14.4 Å². The lowest BCUT2D eigenvalue weighted by molar-refractivity contribution is -0.140. The number of hydrogen-bond acceptors (Lipinski definition) is 5. The minimum atomic E-state index is -4.13. The van der Waals surface area contributed by atoms with Crippen LogP contribution in [0.25, 0.3) is 0 Å². The number of ether oxygens (including phenoxy) is 1. The van der Waals surface area contributed by atoms with Gasteiger partial charge in [-0.15, -0.1) is 0 Å². The summed E-state index contributed by atoms with van der Waals surface area (Å²) in [7, 11) is -2.62. The lowest BCUT2D eigenvalue weighted by atomic mass is 10.1. The Morgan fingerprint density at radius 3 is 2.25 bits per heavy atom. The Bertz CT molecular complexity index is 1360. The molecule has 0 fully saturated rings. The van der Waals surface area contributed by atoms with E-state index in [9.17, 15) is 18.0 Å². The Hall–Kier alpha value is -3.85. The first-order valence-electron chi connectivity index (χ1n) is 13.6. The predicted molar refractivity (Wildman–Crippen MR) is 158 cm³/mol. The predicted octanol–water partition coefficient (Wildman–Crippen LogP) is 4.92. The van der Waals surface area contributed by atoms with E-state index in [-0.39, 0.29) is 17.3 Å². The lowest BCUT2D eigenvalue weighted by Gasteiger charge is -2.33. The molecule has 0 saturated carbocycles. The number of nitrogens with zero attached hydrogens (tertiary/aromatic N) is 2. The monoisotopic (exact) mass is 565 g/mol. The number of anilines is 1. The second-order valence-corrected chi connectivity index (χ2v) is 11.5. The molecular weight excluding hydrogens is 526 g/mol. The van der Waals surface area contributed by atoms with E-state index in [0.717, 1.165) is 28.3 Å². The molecule has 0 aromatic heterocycles. The molecule has 0 aliphatic rings. The highest BCUT2D eigenvalue weighted by atomic mass is 32.2. The molecular formula is C31H39N3O5S. The number of benzene rings is 3. The molecule has 3 aromatic rings. The Morgan fingerprint density at radius 2 is 1.65 bits per heavy atom. The second kappa shape index (κ2) is 14.5. The third-order valence-electron chi connectivity index (χ3n) is 6.62. The number of unbranched alkanes of at least 4 members (excludes halogenated alkanes) is 1. The van der Waals surface area contributed by atoms with Crippen molar-refractivity contribution in [2.24, 2.45) is 0 Å². The molecule has 2 amide bonds. The Morgan fingerprint density at radius 1 is 0.950 bits per heavy atom. The molecule has 0 aliphatic heterocycles. The number of hydrogen-bond donors (Lipinski definition) is 1. The number of sulfonamides is 1. The fourth-order valence-electron chi connectivity index (χ4n) is 4.43. The van der Waals surface area contributed by atoms with Gasteiger partial charge >= 0.3 is 0 Å². The molecule has 9 heteroatoms. The van der Waals surface area contributed by atoms with Crippen LogP contribution in [-0.2, 0) is 26.2 Å². The third-order valence-corrected chi connectivity index (χ3v) is 8.41. The highest BCUT2D eigenvalue weighted by molar-refractivity contribution is 7.92. The van der Waals surface area contributed by atoms with Crippen LogP contribution in [0.5, 0.6) is 5.75 Å². The van der Waals surface area contributed by atoms with E-state index in [1.165, 1.54) is 24.1 Å². The van der Waals surface area contributed by atoms with E-state index < -0.39 is 28.5 Å².